The summed E-state index contributed by atoms with van der Waals surface area (Å²) in [6.07, 6.45) is 0. The Morgan fingerprint density at radius 3 is 2.53 bits per heavy atom. The molecule has 0 amide bonds. The van der Waals surface area contributed by atoms with Gasteiger partial charge in [-0.05, 0) is 30.3 Å². The average Bonchev–Trinajstić information content (AvgIpc) is 2.39. The van der Waals surface area contributed by atoms with Gasteiger partial charge in [0.25, 0.3) is 0 Å². The van der Waals surface area contributed by atoms with Gasteiger partial charge in [-0.15, -0.1) is 0 Å². The second-order valence-corrected chi connectivity index (χ2v) is 4.81. The highest BCUT2D eigenvalue weighted by Crippen LogP contribution is 2.19. The van der Waals surface area contributed by atoms with Gasteiger partial charge in [0.2, 0.25) is 0 Å². The molecule has 0 aliphatic carbocycles. The largest absolute Gasteiger partial charge is 0.378 e. The SMILES string of the molecule is N#Cc1ccc(NCc2ccc(Br)cc2F)c(F)c1. The van der Waals surface area contributed by atoms with Crippen LogP contribution in [0, 0.1) is 23.0 Å². The molecule has 0 spiro atoms. The molecule has 0 saturated carbocycles. The van der Waals surface area contributed by atoms with Crippen molar-refractivity contribution in [3.8, 4) is 6.07 Å². The Morgan fingerprint density at radius 1 is 1.11 bits per heavy atom. The summed E-state index contributed by atoms with van der Waals surface area (Å²) < 4.78 is 27.8. The fourth-order valence-corrected chi connectivity index (χ4v) is 1.92. The maximum atomic E-state index is 13.6. The first kappa shape index (κ1) is 13.5. The molecule has 96 valence electrons. The quantitative estimate of drug-likeness (QED) is 0.918. The molecule has 1 N–H and O–H groups in total. The lowest BCUT2D eigenvalue weighted by molar-refractivity contribution is 0.609. The Bertz CT molecular complexity index is 650. The predicted molar refractivity (Wildman–Crippen MR) is 72.5 cm³/mol. The van der Waals surface area contributed by atoms with Gasteiger partial charge < -0.3 is 5.32 Å². The molecule has 0 aliphatic heterocycles. The number of rotatable bonds is 3. The molecule has 0 atom stereocenters. The zero-order valence-corrected chi connectivity index (χ0v) is 11.3. The molecular weight excluding hydrogens is 314 g/mol. The van der Waals surface area contributed by atoms with Crippen LogP contribution in [-0.4, -0.2) is 0 Å². The number of benzene rings is 2. The van der Waals surface area contributed by atoms with Crippen molar-refractivity contribution >= 4 is 21.6 Å². The van der Waals surface area contributed by atoms with Gasteiger partial charge in [-0.2, -0.15) is 5.26 Å². The first-order chi connectivity index (χ1) is 9.10. The van der Waals surface area contributed by atoms with Crippen LogP contribution in [0.4, 0.5) is 14.5 Å². The molecule has 0 aromatic heterocycles. The van der Waals surface area contributed by atoms with Crippen molar-refractivity contribution in [2.24, 2.45) is 0 Å². The van der Waals surface area contributed by atoms with E-state index in [0.717, 1.165) is 6.07 Å². The van der Waals surface area contributed by atoms with Crippen LogP contribution in [0.2, 0.25) is 0 Å². The van der Waals surface area contributed by atoms with Crippen molar-refractivity contribution < 1.29 is 8.78 Å². The van der Waals surface area contributed by atoms with E-state index in [1.807, 2.05) is 6.07 Å². The lowest BCUT2D eigenvalue weighted by Crippen LogP contribution is -2.03. The van der Waals surface area contributed by atoms with E-state index in [4.69, 9.17) is 5.26 Å². The number of nitrogens with one attached hydrogen (secondary N) is 1. The smallest absolute Gasteiger partial charge is 0.147 e. The molecule has 19 heavy (non-hydrogen) atoms. The van der Waals surface area contributed by atoms with Crippen molar-refractivity contribution in [1.82, 2.24) is 0 Å². The molecule has 0 fully saturated rings. The summed E-state index contributed by atoms with van der Waals surface area (Å²) in [6, 6.07) is 10.6. The summed E-state index contributed by atoms with van der Waals surface area (Å²) >= 11 is 3.17. The molecule has 0 heterocycles. The Labute approximate surface area is 117 Å². The molecule has 0 saturated heterocycles. The highest BCUT2D eigenvalue weighted by atomic mass is 79.9. The molecule has 0 aliphatic rings. The van der Waals surface area contributed by atoms with E-state index in [2.05, 4.69) is 21.2 Å². The Hall–Kier alpha value is -1.93. The summed E-state index contributed by atoms with van der Waals surface area (Å²) in [5, 5.41) is 11.4. The maximum absolute atomic E-state index is 13.6. The molecule has 2 rings (SSSR count). The molecular formula is C14H9BrF2N2. The second kappa shape index (κ2) is 5.81. The van der Waals surface area contributed by atoms with E-state index in [1.165, 1.54) is 18.2 Å². The lowest BCUT2D eigenvalue weighted by atomic mass is 10.2. The Balaban J connectivity index is 2.13. The van der Waals surface area contributed by atoms with Crippen LogP contribution < -0.4 is 5.32 Å². The van der Waals surface area contributed by atoms with Crippen molar-refractivity contribution in [3.63, 3.8) is 0 Å². The monoisotopic (exact) mass is 322 g/mol. The number of nitrogens with zero attached hydrogens (tertiary/aromatic N) is 1. The molecule has 0 bridgehead atoms. The second-order valence-electron chi connectivity index (χ2n) is 3.90. The lowest BCUT2D eigenvalue weighted by Gasteiger charge is -2.09. The summed E-state index contributed by atoms with van der Waals surface area (Å²) in [7, 11) is 0. The van der Waals surface area contributed by atoms with Crippen molar-refractivity contribution in [1.29, 1.82) is 5.26 Å². The fourth-order valence-electron chi connectivity index (χ4n) is 1.58. The Kier molecular flexibility index (Phi) is 4.13. The van der Waals surface area contributed by atoms with E-state index in [-0.39, 0.29) is 23.6 Å². The topological polar surface area (TPSA) is 35.8 Å². The number of nitriles is 1. The summed E-state index contributed by atoms with van der Waals surface area (Å²) in [5.41, 5.74) is 0.922. The van der Waals surface area contributed by atoms with Gasteiger partial charge in [0.1, 0.15) is 11.6 Å². The van der Waals surface area contributed by atoms with Crippen LogP contribution >= 0.6 is 15.9 Å². The van der Waals surface area contributed by atoms with Gasteiger partial charge in [-0.3, -0.25) is 0 Å². The average molecular weight is 323 g/mol. The molecule has 0 radical (unpaired) electrons. The van der Waals surface area contributed by atoms with E-state index >= 15 is 0 Å². The van der Waals surface area contributed by atoms with Crippen LogP contribution in [0.5, 0.6) is 0 Å². The minimum Gasteiger partial charge on any atom is -0.378 e. The van der Waals surface area contributed by atoms with Crippen LogP contribution in [0.15, 0.2) is 40.9 Å². The minimum atomic E-state index is -0.531. The minimum absolute atomic E-state index is 0.169. The zero-order valence-electron chi connectivity index (χ0n) is 9.75. The van der Waals surface area contributed by atoms with Crippen molar-refractivity contribution in [2.75, 3.05) is 5.32 Å². The van der Waals surface area contributed by atoms with Gasteiger partial charge in [0.05, 0.1) is 17.3 Å². The number of hydrogen-bond acceptors (Lipinski definition) is 2. The standard InChI is InChI=1S/C14H9BrF2N2/c15-11-3-2-10(12(16)6-11)8-19-14-4-1-9(7-18)5-13(14)17/h1-6,19H,8H2. The van der Waals surface area contributed by atoms with Gasteiger partial charge >= 0.3 is 0 Å². The number of anilines is 1. The van der Waals surface area contributed by atoms with Gasteiger partial charge in [0, 0.05) is 16.6 Å². The van der Waals surface area contributed by atoms with E-state index < -0.39 is 5.82 Å². The third-order valence-electron chi connectivity index (χ3n) is 2.58. The van der Waals surface area contributed by atoms with Crippen LogP contribution in [-0.2, 0) is 6.54 Å². The molecule has 2 nitrogen and oxygen atoms in total. The maximum Gasteiger partial charge on any atom is 0.147 e. The van der Waals surface area contributed by atoms with E-state index in [9.17, 15) is 8.78 Å². The van der Waals surface area contributed by atoms with Gasteiger partial charge in [-0.1, -0.05) is 22.0 Å². The summed E-state index contributed by atoms with van der Waals surface area (Å²) in [5.74, 6) is -0.896. The fraction of sp³-hybridized carbons (Fsp3) is 0.0714. The molecule has 0 unspecified atom stereocenters. The van der Waals surface area contributed by atoms with E-state index in [1.54, 1.807) is 12.1 Å². The van der Waals surface area contributed by atoms with Gasteiger partial charge in [0.15, 0.2) is 0 Å². The van der Waals surface area contributed by atoms with Crippen LogP contribution in [0.1, 0.15) is 11.1 Å². The summed E-state index contributed by atoms with van der Waals surface area (Å²) in [4.78, 5) is 0. The van der Waals surface area contributed by atoms with Gasteiger partial charge in [-0.25, -0.2) is 8.78 Å². The molecule has 2 aromatic carbocycles. The van der Waals surface area contributed by atoms with E-state index in [0.29, 0.717) is 10.0 Å². The van der Waals surface area contributed by atoms with Crippen molar-refractivity contribution in [3.05, 3.63) is 63.6 Å². The van der Waals surface area contributed by atoms with Crippen LogP contribution in [0.3, 0.4) is 0 Å². The van der Waals surface area contributed by atoms with Crippen molar-refractivity contribution in [2.45, 2.75) is 6.54 Å². The first-order valence-electron chi connectivity index (χ1n) is 5.47. The number of halogens is 3. The van der Waals surface area contributed by atoms with Crippen LogP contribution in [0.25, 0.3) is 0 Å². The highest BCUT2D eigenvalue weighted by Gasteiger charge is 2.06. The highest BCUT2D eigenvalue weighted by molar-refractivity contribution is 9.10. The zero-order chi connectivity index (χ0) is 13.8. The normalized spacial score (nSPS) is 10.0. The Morgan fingerprint density at radius 2 is 1.89 bits per heavy atom. The number of hydrogen-bond donors (Lipinski definition) is 1. The summed E-state index contributed by atoms with van der Waals surface area (Å²) in [6.45, 7) is 0.169. The predicted octanol–water partition coefficient (Wildman–Crippen LogP) is 4.21. The third kappa shape index (κ3) is 3.30. The first-order valence-corrected chi connectivity index (χ1v) is 6.27. The molecule has 5 heteroatoms. The third-order valence-corrected chi connectivity index (χ3v) is 3.08. The molecule has 2 aromatic rings.